The molecule has 0 fully saturated rings. The van der Waals surface area contributed by atoms with Gasteiger partial charge in [0.25, 0.3) is 10.0 Å². The Morgan fingerprint density at radius 2 is 2.11 bits per heavy atom. The van der Waals surface area contributed by atoms with Gasteiger partial charge in [0.2, 0.25) is 0 Å². The number of rotatable bonds is 4. The predicted octanol–water partition coefficient (Wildman–Crippen LogP) is 1.58. The van der Waals surface area contributed by atoms with Gasteiger partial charge in [-0.2, -0.15) is 0 Å². The van der Waals surface area contributed by atoms with Crippen LogP contribution >= 0.6 is 0 Å². The third-order valence-electron chi connectivity index (χ3n) is 2.52. The Bertz CT molecular complexity index is 692. The predicted molar refractivity (Wildman–Crippen MR) is 69.2 cm³/mol. The van der Waals surface area contributed by atoms with Crippen LogP contribution in [0.2, 0.25) is 0 Å². The molecule has 7 heteroatoms. The summed E-state index contributed by atoms with van der Waals surface area (Å²) in [7, 11) is -3.73. The number of aromatic nitrogens is 1. The molecule has 0 bridgehead atoms. The topological polar surface area (TPSA) is 92.4 Å². The number of pyridine rings is 1. The highest BCUT2D eigenvalue weighted by molar-refractivity contribution is 7.92. The van der Waals surface area contributed by atoms with Crippen molar-refractivity contribution in [1.29, 1.82) is 0 Å². The van der Waals surface area contributed by atoms with E-state index in [9.17, 15) is 8.42 Å². The summed E-state index contributed by atoms with van der Waals surface area (Å²) in [5.41, 5.74) is 1.14. The van der Waals surface area contributed by atoms with Gasteiger partial charge >= 0.3 is 0 Å². The molecule has 19 heavy (non-hydrogen) atoms. The van der Waals surface area contributed by atoms with Gasteiger partial charge in [0.15, 0.2) is 0 Å². The van der Waals surface area contributed by atoms with Crippen LogP contribution in [-0.2, 0) is 16.6 Å². The molecule has 0 aliphatic rings. The summed E-state index contributed by atoms with van der Waals surface area (Å²) < 4.78 is 32.0. The van der Waals surface area contributed by atoms with Gasteiger partial charge in [-0.05, 0) is 26.0 Å². The van der Waals surface area contributed by atoms with Crippen LogP contribution in [0.15, 0.2) is 33.7 Å². The fourth-order valence-electron chi connectivity index (χ4n) is 1.69. The highest BCUT2D eigenvalue weighted by Crippen LogP contribution is 2.22. The maximum absolute atomic E-state index is 12.2. The molecule has 0 spiro atoms. The van der Waals surface area contributed by atoms with E-state index in [1.807, 2.05) is 0 Å². The molecule has 0 aliphatic carbocycles. The summed E-state index contributed by atoms with van der Waals surface area (Å²) in [5.74, 6) is 0.450. The Kier molecular flexibility index (Phi) is 3.59. The number of nitrogens with one attached hydrogen (secondary N) is 1. The molecular weight excluding hydrogens is 268 g/mol. The molecule has 6 nitrogen and oxygen atoms in total. The highest BCUT2D eigenvalue weighted by atomic mass is 32.2. The maximum Gasteiger partial charge on any atom is 0.265 e. The average Bonchev–Trinajstić information content (AvgIpc) is 2.71. The van der Waals surface area contributed by atoms with Crippen LogP contribution in [0, 0.1) is 13.8 Å². The van der Waals surface area contributed by atoms with Crippen molar-refractivity contribution in [3.63, 3.8) is 0 Å². The molecule has 102 valence electrons. The molecule has 0 saturated heterocycles. The molecule has 2 aromatic rings. The molecule has 0 unspecified atom stereocenters. The minimum atomic E-state index is -3.73. The minimum Gasteiger partial charge on any atom is -0.462 e. The van der Waals surface area contributed by atoms with E-state index >= 15 is 0 Å². The summed E-state index contributed by atoms with van der Waals surface area (Å²) in [6.45, 7) is 2.96. The number of anilines is 1. The summed E-state index contributed by atoms with van der Waals surface area (Å²) in [5, 5.41) is 8.95. The number of aliphatic hydroxyl groups is 1. The van der Waals surface area contributed by atoms with Crippen LogP contribution < -0.4 is 4.72 Å². The van der Waals surface area contributed by atoms with Crippen LogP contribution in [0.5, 0.6) is 0 Å². The van der Waals surface area contributed by atoms with Gasteiger partial charge in [-0.1, -0.05) is 0 Å². The minimum absolute atomic E-state index is 0.0195. The van der Waals surface area contributed by atoms with Crippen LogP contribution in [0.4, 0.5) is 5.69 Å². The lowest BCUT2D eigenvalue weighted by Gasteiger charge is -2.07. The van der Waals surface area contributed by atoms with Gasteiger partial charge in [0, 0.05) is 18.0 Å². The third kappa shape index (κ3) is 2.94. The lowest BCUT2D eigenvalue weighted by atomic mass is 10.3. The number of hydrogen-bond donors (Lipinski definition) is 2. The number of aliphatic hydroxyl groups excluding tert-OH is 1. The van der Waals surface area contributed by atoms with Gasteiger partial charge in [-0.3, -0.25) is 9.71 Å². The Labute approximate surface area is 111 Å². The molecule has 0 amide bonds. The molecular formula is C12H14N2O4S. The van der Waals surface area contributed by atoms with Crippen molar-refractivity contribution in [2.45, 2.75) is 25.3 Å². The molecule has 0 aromatic carbocycles. The number of furan rings is 1. The van der Waals surface area contributed by atoms with Crippen molar-refractivity contribution in [1.82, 2.24) is 4.98 Å². The van der Waals surface area contributed by atoms with Crippen molar-refractivity contribution in [2.75, 3.05) is 4.72 Å². The zero-order valence-electron chi connectivity index (χ0n) is 10.5. The van der Waals surface area contributed by atoms with Gasteiger partial charge in [0.05, 0.1) is 5.69 Å². The van der Waals surface area contributed by atoms with Crippen molar-refractivity contribution < 1.29 is 17.9 Å². The van der Waals surface area contributed by atoms with Gasteiger partial charge < -0.3 is 9.52 Å². The largest absolute Gasteiger partial charge is 0.462 e. The molecule has 0 aliphatic heterocycles. The van der Waals surface area contributed by atoms with Crippen molar-refractivity contribution in [3.05, 3.63) is 41.6 Å². The second-order valence-electron chi connectivity index (χ2n) is 4.08. The average molecular weight is 282 g/mol. The SMILES string of the molecule is Cc1cc(NS(=O)(=O)c2cc(CO)oc2C)ccn1. The summed E-state index contributed by atoms with van der Waals surface area (Å²) >= 11 is 0. The Morgan fingerprint density at radius 3 is 2.68 bits per heavy atom. The van der Waals surface area contributed by atoms with Crippen molar-refractivity contribution in [3.8, 4) is 0 Å². The lowest BCUT2D eigenvalue weighted by molar-refractivity contribution is 0.245. The van der Waals surface area contributed by atoms with E-state index in [1.54, 1.807) is 19.1 Å². The zero-order valence-corrected chi connectivity index (χ0v) is 11.4. The van der Waals surface area contributed by atoms with Gasteiger partial charge in [-0.25, -0.2) is 8.42 Å². The molecule has 2 rings (SSSR count). The molecule has 2 N–H and O–H groups in total. The maximum atomic E-state index is 12.2. The van der Waals surface area contributed by atoms with E-state index in [0.717, 1.165) is 0 Å². The highest BCUT2D eigenvalue weighted by Gasteiger charge is 2.21. The van der Waals surface area contributed by atoms with Crippen molar-refractivity contribution >= 4 is 15.7 Å². The second kappa shape index (κ2) is 5.02. The summed E-state index contributed by atoms with van der Waals surface area (Å²) in [6, 6.07) is 4.50. The smallest absolute Gasteiger partial charge is 0.265 e. The van der Waals surface area contributed by atoms with Crippen molar-refractivity contribution in [2.24, 2.45) is 0 Å². The summed E-state index contributed by atoms with van der Waals surface area (Å²) in [6.07, 6.45) is 1.52. The number of nitrogens with zero attached hydrogens (tertiary/aromatic N) is 1. The summed E-state index contributed by atoms with van der Waals surface area (Å²) in [4.78, 5) is 4.01. The molecule has 2 heterocycles. The normalized spacial score (nSPS) is 11.5. The van der Waals surface area contributed by atoms with Gasteiger partial charge in [0.1, 0.15) is 23.0 Å². The first-order valence-electron chi connectivity index (χ1n) is 5.58. The number of hydrogen-bond acceptors (Lipinski definition) is 5. The van der Waals surface area contributed by atoms with Crippen LogP contribution in [-0.4, -0.2) is 18.5 Å². The molecule has 0 atom stereocenters. The Hall–Kier alpha value is -1.86. The first kappa shape index (κ1) is 13.6. The van der Waals surface area contributed by atoms with E-state index in [4.69, 9.17) is 9.52 Å². The monoisotopic (exact) mass is 282 g/mol. The third-order valence-corrected chi connectivity index (χ3v) is 4.01. The Morgan fingerprint density at radius 1 is 1.37 bits per heavy atom. The van der Waals surface area contributed by atoms with E-state index < -0.39 is 10.0 Å². The second-order valence-corrected chi connectivity index (χ2v) is 5.73. The van der Waals surface area contributed by atoms with E-state index in [1.165, 1.54) is 19.2 Å². The van der Waals surface area contributed by atoms with Crippen LogP contribution in [0.3, 0.4) is 0 Å². The first-order valence-corrected chi connectivity index (χ1v) is 7.06. The molecule has 2 aromatic heterocycles. The lowest BCUT2D eigenvalue weighted by Crippen LogP contribution is -2.13. The standard InChI is InChI=1S/C12H14N2O4S/c1-8-5-10(3-4-13-8)14-19(16,17)12-6-11(7-15)18-9(12)2/h3-6,15H,7H2,1-2H3,(H,13,14). The fraction of sp³-hybridized carbons (Fsp3) is 0.250. The quantitative estimate of drug-likeness (QED) is 0.888. The van der Waals surface area contributed by atoms with Gasteiger partial charge in [-0.15, -0.1) is 0 Å². The first-order chi connectivity index (χ1) is 8.92. The zero-order chi connectivity index (χ0) is 14.0. The van der Waals surface area contributed by atoms with Crippen LogP contribution in [0.25, 0.3) is 0 Å². The fourth-order valence-corrected chi connectivity index (χ4v) is 2.94. The van der Waals surface area contributed by atoms with E-state index in [0.29, 0.717) is 11.4 Å². The van der Waals surface area contributed by atoms with E-state index in [2.05, 4.69) is 9.71 Å². The van der Waals surface area contributed by atoms with E-state index in [-0.39, 0.29) is 23.0 Å². The molecule has 0 radical (unpaired) electrons. The number of sulfonamides is 1. The molecule has 0 saturated carbocycles. The van der Waals surface area contributed by atoms with Crippen LogP contribution in [0.1, 0.15) is 17.2 Å². The Balaban J connectivity index is 2.34. The number of aryl methyl sites for hydroxylation is 2.